The lowest BCUT2D eigenvalue weighted by atomic mass is 9.89. The maximum atomic E-state index is 12.4. The van der Waals surface area contributed by atoms with Gasteiger partial charge in [-0.1, -0.05) is 20.8 Å². The first-order valence-electron chi connectivity index (χ1n) is 18.6. The van der Waals surface area contributed by atoms with Crippen LogP contribution in [0.15, 0.2) is 0 Å². The van der Waals surface area contributed by atoms with Gasteiger partial charge in [0.05, 0.1) is 50.5 Å². The third-order valence-electron chi connectivity index (χ3n) is 7.53. The van der Waals surface area contributed by atoms with E-state index in [1.807, 2.05) is 34.6 Å². The van der Waals surface area contributed by atoms with Crippen LogP contribution in [0.25, 0.3) is 0 Å². The summed E-state index contributed by atoms with van der Waals surface area (Å²) in [6.07, 6.45) is -1.81. The molecule has 0 spiro atoms. The summed E-state index contributed by atoms with van der Waals surface area (Å²) >= 11 is 1.01. The van der Waals surface area contributed by atoms with E-state index in [0.29, 0.717) is 6.42 Å². The molecule has 1 aliphatic heterocycles. The van der Waals surface area contributed by atoms with E-state index in [1.54, 1.807) is 0 Å². The van der Waals surface area contributed by atoms with Crippen molar-refractivity contribution < 1.29 is 67.5 Å². The van der Waals surface area contributed by atoms with Crippen molar-refractivity contribution in [1.82, 2.24) is 26.2 Å². The molecule has 1 saturated heterocycles. The van der Waals surface area contributed by atoms with Crippen LogP contribution in [0, 0.1) is 5.41 Å². The van der Waals surface area contributed by atoms with Gasteiger partial charge in [0, 0.05) is 64.2 Å². The fourth-order valence-corrected chi connectivity index (χ4v) is 5.99. The number of carbonyl (C=O) groups excluding carboxylic acids is 6. The Labute approximate surface area is 332 Å². The minimum atomic E-state index is -1.19. The second-order valence-corrected chi connectivity index (χ2v) is 15.5. The van der Waals surface area contributed by atoms with Gasteiger partial charge in [-0.3, -0.25) is 33.7 Å². The molecule has 1 heterocycles. The molecule has 1 fully saturated rings. The summed E-state index contributed by atoms with van der Waals surface area (Å²) in [5.41, 5.74) is 5.36. The van der Waals surface area contributed by atoms with E-state index in [1.165, 1.54) is 0 Å². The van der Waals surface area contributed by atoms with E-state index in [4.69, 9.17) is 34.5 Å². The minimum absolute atomic E-state index is 0.00876. The highest BCUT2D eigenvalue weighted by Crippen LogP contribution is 2.26. The van der Waals surface area contributed by atoms with Crippen molar-refractivity contribution in [1.29, 1.82) is 0 Å². The van der Waals surface area contributed by atoms with Crippen molar-refractivity contribution in [2.24, 2.45) is 11.1 Å². The first-order chi connectivity index (χ1) is 26.4. The van der Waals surface area contributed by atoms with E-state index in [9.17, 15) is 38.7 Å². The molecule has 322 valence electrons. The molecule has 56 heavy (non-hydrogen) atoms. The number of carbonyl (C=O) groups is 7. The second-order valence-electron chi connectivity index (χ2n) is 14.2. The number of imide groups is 1. The average Bonchev–Trinajstić information content (AvgIpc) is 3.39. The molecule has 4 atom stereocenters. The average molecular weight is 823 g/mol. The molecule has 0 aromatic rings. The van der Waals surface area contributed by atoms with Crippen molar-refractivity contribution in [2.75, 3.05) is 78.1 Å². The Kier molecular flexibility index (Phi) is 25.1. The summed E-state index contributed by atoms with van der Waals surface area (Å²) in [7, 11) is 0. The molecule has 21 heteroatoms. The highest BCUT2D eigenvalue weighted by molar-refractivity contribution is 8.00. The van der Waals surface area contributed by atoms with Crippen LogP contribution in [0.5, 0.6) is 0 Å². The van der Waals surface area contributed by atoms with Crippen LogP contribution in [0.3, 0.4) is 0 Å². The lowest BCUT2D eigenvalue weighted by molar-refractivity contribution is -0.213. The zero-order valence-corrected chi connectivity index (χ0v) is 34.0. The predicted octanol–water partition coefficient (Wildman–Crippen LogP) is -0.898. The van der Waals surface area contributed by atoms with Crippen LogP contribution in [0.1, 0.15) is 66.7 Å². The first kappa shape index (κ1) is 50.4. The SMILES string of the molecule is CC(C)OC(COC(=O)NCCC(=O)NCCNC(=O)CCOCCOCCNC(=O)CCN1C(=O)CC(SCC(N)C(=O)O)C1=O)OC(CO)CC(C)(C)C. The Morgan fingerprint density at radius 3 is 2.07 bits per heavy atom. The maximum absolute atomic E-state index is 12.4. The lowest BCUT2D eigenvalue weighted by Gasteiger charge is -2.29. The van der Waals surface area contributed by atoms with Gasteiger partial charge in [0.25, 0.3) is 0 Å². The van der Waals surface area contributed by atoms with Crippen molar-refractivity contribution in [3.8, 4) is 0 Å². The molecular weight excluding hydrogens is 760 g/mol. The molecular formula is C35H62N6O14S. The highest BCUT2D eigenvalue weighted by atomic mass is 32.2. The fraction of sp³-hybridized carbons (Fsp3) is 0.800. The third kappa shape index (κ3) is 24.1. The molecule has 1 aliphatic rings. The number of hydrogen-bond acceptors (Lipinski definition) is 15. The first-order valence-corrected chi connectivity index (χ1v) is 19.7. The van der Waals surface area contributed by atoms with Crippen molar-refractivity contribution in [2.45, 2.75) is 96.5 Å². The topological polar surface area (TPSA) is 283 Å². The molecule has 4 unspecified atom stereocenters. The summed E-state index contributed by atoms with van der Waals surface area (Å²) in [4.78, 5) is 84.8. The van der Waals surface area contributed by atoms with E-state index in [-0.39, 0.29) is 133 Å². The molecule has 0 radical (unpaired) electrons. The molecule has 8 N–H and O–H groups in total. The fourth-order valence-electron chi connectivity index (χ4n) is 4.88. The molecule has 20 nitrogen and oxygen atoms in total. The Morgan fingerprint density at radius 1 is 0.857 bits per heavy atom. The number of amides is 6. The van der Waals surface area contributed by atoms with Gasteiger partial charge in [-0.25, -0.2) is 4.79 Å². The number of nitrogens with zero attached hydrogens (tertiary/aromatic N) is 1. The molecule has 0 aliphatic carbocycles. The van der Waals surface area contributed by atoms with Crippen LogP contribution in [-0.4, -0.2) is 165 Å². The van der Waals surface area contributed by atoms with Gasteiger partial charge in [-0.05, 0) is 25.7 Å². The maximum Gasteiger partial charge on any atom is 0.407 e. The van der Waals surface area contributed by atoms with Gasteiger partial charge in [-0.15, -0.1) is 11.8 Å². The van der Waals surface area contributed by atoms with Crippen molar-refractivity contribution >= 4 is 53.4 Å². The van der Waals surface area contributed by atoms with Gasteiger partial charge in [0.1, 0.15) is 12.6 Å². The van der Waals surface area contributed by atoms with Crippen molar-refractivity contribution in [3.05, 3.63) is 0 Å². The summed E-state index contributed by atoms with van der Waals surface area (Å²) in [6.45, 7) is 10.6. The van der Waals surface area contributed by atoms with Crippen LogP contribution in [0.2, 0.25) is 0 Å². The molecule has 0 aromatic carbocycles. The smallest absolute Gasteiger partial charge is 0.407 e. The standard InChI is InChI=1S/C35H62N6O14S/c1-23(2)54-31(55-24(20-42)19-35(3,4)5)21-53-34(50)40-9-6-27(43)37-10-11-38-29(45)8-14-51-16-17-52-15-12-39-28(44)7-13-41-30(46)18-26(32(41)47)56-22-25(36)33(48)49/h23-26,31,42H,6-22,36H2,1-5H3,(H,37,43)(H,38,45)(H,39,44)(H,40,50)(H,48,49). The largest absolute Gasteiger partial charge is 0.480 e. The lowest BCUT2D eigenvalue weighted by Crippen LogP contribution is -2.38. The predicted molar refractivity (Wildman–Crippen MR) is 203 cm³/mol. The van der Waals surface area contributed by atoms with Gasteiger partial charge < -0.3 is 60.9 Å². The third-order valence-corrected chi connectivity index (χ3v) is 8.85. The minimum Gasteiger partial charge on any atom is -0.480 e. The summed E-state index contributed by atoms with van der Waals surface area (Å²) in [5.74, 6) is -3.06. The number of ether oxygens (including phenoxy) is 5. The number of hydrogen-bond donors (Lipinski definition) is 7. The van der Waals surface area contributed by atoms with Gasteiger partial charge in [0.2, 0.25) is 29.5 Å². The van der Waals surface area contributed by atoms with Crippen LogP contribution in [0.4, 0.5) is 4.79 Å². The van der Waals surface area contributed by atoms with E-state index in [2.05, 4.69) is 21.3 Å². The van der Waals surface area contributed by atoms with Gasteiger partial charge >= 0.3 is 12.1 Å². The van der Waals surface area contributed by atoms with Crippen LogP contribution in [-0.2, 0) is 52.5 Å². The Hall–Kier alpha value is -3.60. The van der Waals surface area contributed by atoms with Gasteiger partial charge in [-0.2, -0.15) is 0 Å². The highest BCUT2D eigenvalue weighted by Gasteiger charge is 2.39. The summed E-state index contributed by atoms with van der Waals surface area (Å²) in [5, 5.41) is 28.2. The number of alkyl carbamates (subject to hydrolysis) is 1. The van der Waals surface area contributed by atoms with Crippen molar-refractivity contribution in [3.63, 3.8) is 0 Å². The number of nitrogens with two attached hydrogens (primary N) is 1. The number of nitrogens with one attached hydrogen (secondary N) is 4. The quantitative estimate of drug-likeness (QED) is 0.0263. The number of thioether (sulfide) groups is 1. The Morgan fingerprint density at radius 2 is 1.46 bits per heavy atom. The van der Waals surface area contributed by atoms with Crippen LogP contribution >= 0.6 is 11.8 Å². The number of aliphatic carboxylic acids is 1. The molecule has 6 amide bonds. The summed E-state index contributed by atoms with van der Waals surface area (Å²) in [6, 6.07) is -1.14. The van der Waals surface area contributed by atoms with Gasteiger partial charge in [0.15, 0.2) is 6.29 Å². The summed E-state index contributed by atoms with van der Waals surface area (Å²) < 4.78 is 27.4. The number of rotatable bonds is 30. The number of aliphatic hydroxyl groups is 1. The van der Waals surface area contributed by atoms with Crippen LogP contribution < -0.4 is 27.0 Å². The molecule has 0 saturated carbocycles. The molecule has 0 aromatic heterocycles. The molecule has 0 bridgehead atoms. The number of likely N-dealkylation sites (tertiary alicyclic amines) is 1. The normalized spacial score (nSPS) is 16.0. The number of carboxylic acids is 1. The zero-order valence-electron chi connectivity index (χ0n) is 33.1. The monoisotopic (exact) mass is 822 g/mol. The zero-order chi connectivity index (χ0) is 42.1. The van der Waals surface area contributed by atoms with E-state index >= 15 is 0 Å². The Bertz CT molecular complexity index is 1250. The number of aliphatic hydroxyl groups excluding tert-OH is 1. The number of carboxylic acid groups (broad SMARTS) is 1. The Balaban J connectivity index is 2.05. The molecule has 1 rings (SSSR count). The van der Waals surface area contributed by atoms with E-state index in [0.717, 1.165) is 16.7 Å². The van der Waals surface area contributed by atoms with E-state index < -0.39 is 47.6 Å². The second kappa shape index (κ2) is 27.9.